The van der Waals surface area contributed by atoms with Crippen LogP contribution in [0.15, 0.2) is 12.2 Å². The summed E-state index contributed by atoms with van der Waals surface area (Å²) in [4.78, 5) is 28.6. The van der Waals surface area contributed by atoms with E-state index in [-0.39, 0.29) is 6.42 Å². The van der Waals surface area contributed by atoms with Gasteiger partial charge in [0.15, 0.2) is 0 Å². The van der Waals surface area contributed by atoms with E-state index in [2.05, 4.69) is 6.92 Å². The van der Waals surface area contributed by atoms with E-state index in [1.165, 1.54) is 83.1 Å². The number of carbonyl (C=O) groups is 3. The fourth-order valence-corrected chi connectivity index (χ4v) is 2.46. The van der Waals surface area contributed by atoms with Crippen LogP contribution >= 0.6 is 0 Å². The van der Waals surface area contributed by atoms with Gasteiger partial charge in [0.05, 0.1) is 0 Å². The molecule has 3 N–H and O–H groups in total. The molecule has 0 radical (unpaired) electrons. The first-order valence-electron chi connectivity index (χ1n) is 11.1. The van der Waals surface area contributed by atoms with Crippen molar-refractivity contribution in [3.05, 3.63) is 12.2 Å². The van der Waals surface area contributed by atoms with Gasteiger partial charge in [0.2, 0.25) is 0 Å². The van der Waals surface area contributed by atoms with Gasteiger partial charge >= 0.3 is 11.9 Å². The van der Waals surface area contributed by atoms with Crippen LogP contribution in [-0.2, 0) is 14.4 Å². The molecule has 0 aliphatic heterocycles. The third kappa shape index (κ3) is 51.9. The summed E-state index contributed by atoms with van der Waals surface area (Å²) in [5.74, 6) is -2.41. The van der Waals surface area contributed by atoms with Crippen LogP contribution in [0.4, 0.5) is 0 Å². The average Bonchev–Trinajstić information content (AvgIpc) is 2.64. The molecular formula is C23H44O6. The van der Waals surface area contributed by atoms with Gasteiger partial charge in [-0.1, -0.05) is 97.0 Å². The molecular weight excluding hydrogens is 372 g/mol. The minimum Gasteiger partial charge on any atom is -0.481 e. The van der Waals surface area contributed by atoms with E-state index >= 15 is 0 Å². The summed E-state index contributed by atoms with van der Waals surface area (Å²) in [6.45, 7) is 4.95. The third-order valence-corrected chi connectivity index (χ3v) is 4.04. The summed E-state index contributed by atoms with van der Waals surface area (Å²) in [5.41, 5.74) is 0. The number of allylic oxidation sites excluding steroid dienone is 1. The molecule has 0 heterocycles. The third-order valence-electron chi connectivity index (χ3n) is 4.04. The molecule has 0 rings (SSSR count). The first-order valence-corrected chi connectivity index (χ1v) is 11.1. The zero-order chi connectivity index (χ0) is 22.8. The summed E-state index contributed by atoms with van der Waals surface area (Å²) in [6.07, 6.45) is 21.8. The number of rotatable bonds is 16. The van der Waals surface area contributed by atoms with Crippen molar-refractivity contribution in [3.63, 3.8) is 0 Å². The van der Waals surface area contributed by atoms with Gasteiger partial charge in [-0.05, 0) is 12.8 Å². The predicted octanol–water partition coefficient (Wildman–Crippen LogP) is 6.68. The maximum absolute atomic E-state index is 10.2. The first-order chi connectivity index (χ1) is 13.8. The molecule has 0 aliphatic carbocycles. The van der Waals surface area contributed by atoms with Gasteiger partial charge in [-0.15, -0.1) is 0 Å². The zero-order valence-corrected chi connectivity index (χ0v) is 18.8. The molecule has 6 nitrogen and oxygen atoms in total. The van der Waals surface area contributed by atoms with Gasteiger partial charge in [-0.2, -0.15) is 0 Å². The quantitative estimate of drug-likeness (QED) is 0.191. The van der Waals surface area contributed by atoms with Crippen molar-refractivity contribution in [3.8, 4) is 0 Å². The predicted molar refractivity (Wildman–Crippen MR) is 118 cm³/mol. The molecule has 0 aromatic rings. The molecule has 0 saturated carbocycles. The summed E-state index contributed by atoms with van der Waals surface area (Å²) in [6, 6.07) is 0. The van der Waals surface area contributed by atoms with Crippen molar-refractivity contribution in [1.29, 1.82) is 0 Å². The Balaban J connectivity index is -0.000000623. The Morgan fingerprint density at radius 1 is 0.655 bits per heavy atom. The van der Waals surface area contributed by atoms with E-state index in [1.54, 1.807) is 13.0 Å². The number of carboxylic acids is 3. The summed E-state index contributed by atoms with van der Waals surface area (Å²) in [7, 11) is 0. The summed E-state index contributed by atoms with van der Waals surface area (Å²) in [5, 5.41) is 23.6. The molecule has 0 fully saturated rings. The molecule has 0 atom stereocenters. The van der Waals surface area contributed by atoms with Crippen LogP contribution in [0, 0.1) is 0 Å². The largest absolute Gasteiger partial charge is 0.481 e. The molecule has 0 spiro atoms. The van der Waals surface area contributed by atoms with Gasteiger partial charge in [0.1, 0.15) is 0 Å². The Hall–Kier alpha value is -1.85. The molecule has 0 amide bonds. The number of unbranched alkanes of at least 4 members (excludes halogenated alkanes) is 13. The Morgan fingerprint density at radius 3 is 1.24 bits per heavy atom. The molecule has 0 bridgehead atoms. The van der Waals surface area contributed by atoms with Gasteiger partial charge < -0.3 is 15.3 Å². The second-order valence-corrected chi connectivity index (χ2v) is 7.04. The highest BCUT2D eigenvalue weighted by molar-refractivity contribution is 5.79. The van der Waals surface area contributed by atoms with Gasteiger partial charge in [0, 0.05) is 19.4 Å². The average molecular weight is 417 g/mol. The highest BCUT2D eigenvalue weighted by Gasteiger charge is 1.93. The van der Waals surface area contributed by atoms with Crippen molar-refractivity contribution in [2.24, 2.45) is 0 Å². The zero-order valence-electron chi connectivity index (χ0n) is 18.8. The molecule has 172 valence electrons. The number of hydrogen-bond donors (Lipinski definition) is 3. The fraction of sp³-hybridized carbons (Fsp3) is 0.783. The lowest BCUT2D eigenvalue weighted by molar-refractivity contribution is -0.137. The Labute approximate surface area is 177 Å². The van der Waals surface area contributed by atoms with Crippen molar-refractivity contribution in [2.45, 2.75) is 117 Å². The SMILES string of the molecule is CC(=O)O.CCC(=O)O.CCCCCCCCCCCCCCCC=CC(=O)O. The highest BCUT2D eigenvalue weighted by atomic mass is 16.4. The van der Waals surface area contributed by atoms with Crippen LogP contribution in [-0.4, -0.2) is 33.2 Å². The summed E-state index contributed by atoms with van der Waals surface area (Å²) >= 11 is 0. The molecule has 6 heteroatoms. The topological polar surface area (TPSA) is 112 Å². The Kier molecular flexibility index (Phi) is 31.1. The molecule has 29 heavy (non-hydrogen) atoms. The van der Waals surface area contributed by atoms with Gasteiger partial charge in [-0.3, -0.25) is 9.59 Å². The highest BCUT2D eigenvalue weighted by Crippen LogP contribution is 2.12. The number of aliphatic carboxylic acids is 3. The second kappa shape index (κ2) is 28.4. The van der Waals surface area contributed by atoms with Gasteiger partial charge in [-0.25, -0.2) is 4.79 Å². The fourth-order valence-electron chi connectivity index (χ4n) is 2.46. The van der Waals surface area contributed by atoms with Crippen LogP contribution < -0.4 is 0 Å². The summed E-state index contributed by atoms with van der Waals surface area (Å²) < 4.78 is 0. The minimum atomic E-state index is -0.834. The molecule has 0 unspecified atom stereocenters. The monoisotopic (exact) mass is 416 g/mol. The lowest BCUT2D eigenvalue weighted by atomic mass is 10.0. The van der Waals surface area contributed by atoms with E-state index in [0.717, 1.165) is 19.8 Å². The lowest BCUT2D eigenvalue weighted by Crippen LogP contribution is -1.86. The number of hydrogen-bond acceptors (Lipinski definition) is 3. The van der Waals surface area contributed by atoms with Crippen LogP contribution in [0.25, 0.3) is 0 Å². The van der Waals surface area contributed by atoms with Crippen LogP contribution in [0.5, 0.6) is 0 Å². The number of carboxylic acid groups (broad SMARTS) is 3. The van der Waals surface area contributed by atoms with E-state index < -0.39 is 17.9 Å². The Morgan fingerprint density at radius 2 is 0.966 bits per heavy atom. The molecule has 0 aromatic heterocycles. The normalized spacial score (nSPS) is 9.90. The van der Waals surface area contributed by atoms with Gasteiger partial charge in [0.25, 0.3) is 5.97 Å². The maximum atomic E-state index is 10.2. The van der Waals surface area contributed by atoms with E-state index in [1.807, 2.05) is 0 Å². The van der Waals surface area contributed by atoms with E-state index in [4.69, 9.17) is 20.1 Å². The van der Waals surface area contributed by atoms with Crippen LogP contribution in [0.2, 0.25) is 0 Å². The Bertz CT molecular complexity index is 400. The van der Waals surface area contributed by atoms with Crippen molar-refractivity contribution in [2.75, 3.05) is 0 Å². The molecule has 0 saturated heterocycles. The minimum absolute atomic E-state index is 0.222. The second-order valence-electron chi connectivity index (χ2n) is 7.04. The van der Waals surface area contributed by atoms with Crippen molar-refractivity contribution < 1.29 is 29.7 Å². The standard InChI is InChI=1S/C18H34O2.C3H6O2.C2H4O2/c1-2-3-4-5-6-7-8-9-10-11-12-13-14-15-16-17-18(19)20;1-2-3(4)5;1-2(3)4/h16-17H,2-15H2,1H3,(H,19,20);2H2,1H3,(H,4,5);1H3,(H,3,4). The van der Waals surface area contributed by atoms with Crippen LogP contribution in [0.3, 0.4) is 0 Å². The van der Waals surface area contributed by atoms with Crippen LogP contribution in [0.1, 0.15) is 117 Å². The smallest absolute Gasteiger partial charge is 0.327 e. The lowest BCUT2D eigenvalue weighted by Gasteiger charge is -2.02. The van der Waals surface area contributed by atoms with E-state index in [9.17, 15) is 9.59 Å². The first kappa shape index (κ1) is 31.8. The molecule has 0 aromatic carbocycles. The van der Waals surface area contributed by atoms with Crippen molar-refractivity contribution >= 4 is 17.9 Å². The molecule has 0 aliphatic rings. The van der Waals surface area contributed by atoms with Crippen molar-refractivity contribution in [1.82, 2.24) is 0 Å². The van der Waals surface area contributed by atoms with E-state index in [0.29, 0.717) is 0 Å². The maximum Gasteiger partial charge on any atom is 0.327 e.